The molecule has 5 rings (SSSR count). The second-order valence-corrected chi connectivity index (χ2v) is 7.72. The van der Waals surface area contributed by atoms with Gasteiger partial charge >= 0.3 is 0 Å². The van der Waals surface area contributed by atoms with Crippen molar-refractivity contribution >= 4 is 22.1 Å². The number of benzene rings is 2. The first-order valence-electron chi connectivity index (χ1n) is 9.83. The zero-order valence-electron chi connectivity index (χ0n) is 15.6. The van der Waals surface area contributed by atoms with Crippen molar-refractivity contribution in [2.24, 2.45) is 0 Å². The van der Waals surface area contributed by atoms with Crippen LogP contribution in [0.25, 0.3) is 16.3 Å². The maximum atomic E-state index is 13.1. The molecule has 1 aliphatic rings. The molecular weight excluding hydrogens is 330 g/mol. The third kappa shape index (κ3) is 2.68. The van der Waals surface area contributed by atoms with Crippen LogP contribution >= 0.6 is 0 Å². The summed E-state index contributed by atoms with van der Waals surface area (Å²) >= 11 is 0. The second kappa shape index (κ2) is 6.38. The van der Waals surface area contributed by atoms with Crippen molar-refractivity contribution in [2.75, 3.05) is 0 Å². The molecule has 27 heavy (non-hydrogen) atoms. The van der Waals surface area contributed by atoms with E-state index in [-0.39, 0.29) is 5.78 Å². The van der Waals surface area contributed by atoms with Gasteiger partial charge in [-0.2, -0.15) is 0 Å². The van der Waals surface area contributed by atoms with Gasteiger partial charge in [0.05, 0.1) is 0 Å². The number of nitrogens with zero attached hydrogens (tertiary/aromatic N) is 1. The highest BCUT2D eigenvalue weighted by Crippen LogP contribution is 2.39. The van der Waals surface area contributed by atoms with Crippen LogP contribution in [-0.4, -0.2) is 10.2 Å². The van der Waals surface area contributed by atoms with Crippen LogP contribution in [0.15, 0.2) is 66.9 Å². The quantitative estimate of drug-likeness (QED) is 0.408. The van der Waals surface area contributed by atoms with Gasteiger partial charge in [-0.25, -0.2) is 0 Å². The second-order valence-electron chi connectivity index (χ2n) is 7.72. The van der Waals surface area contributed by atoms with Crippen molar-refractivity contribution in [3.05, 3.63) is 89.2 Å². The molecule has 0 amide bonds. The molecule has 2 aromatic carbocycles. The third-order valence-corrected chi connectivity index (χ3v) is 6.13. The lowest BCUT2D eigenvalue weighted by Crippen LogP contribution is -2.15. The van der Waals surface area contributed by atoms with E-state index in [9.17, 15) is 4.79 Å². The highest BCUT2D eigenvalue weighted by molar-refractivity contribution is 6.00. The summed E-state index contributed by atoms with van der Waals surface area (Å²) in [6.45, 7) is 2.22. The van der Waals surface area contributed by atoms with Gasteiger partial charge in [0.15, 0.2) is 5.78 Å². The van der Waals surface area contributed by atoms with E-state index >= 15 is 0 Å². The Balaban J connectivity index is 1.51. The summed E-state index contributed by atoms with van der Waals surface area (Å²) in [4.78, 5) is 13.1. The molecule has 0 saturated heterocycles. The number of carbonyl (C=O) groups excluding carboxylic acids is 1. The Morgan fingerprint density at radius 3 is 2.74 bits per heavy atom. The van der Waals surface area contributed by atoms with Crippen LogP contribution in [0, 0.1) is 6.92 Å². The van der Waals surface area contributed by atoms with E-state index in [1.54, 1.807) is 0 Å². The molecule has 2 heteroatoms. The number of fused-ring (bicyclic) bond motifs is 4. The molecule has 2 nitrogen and oxygen atoms in total. The Hall–Kier alpha value is -2.87. The fourth-order valence-electron chi connectivity index (χ4n) is 4.77. The summed E-state index contributed by atoms with van der Waals surface area (Å²) in [5, 5.41) is 2.32. The first-order valence-corrected chi connectivity index (χ1v) is 9.83. The maximum Gasteiger partial charge on any atom is 0.163 e. The number of aromatic nitrogens is 1. The fraction of sp³-hybridized carbons (Fsp3) is 0.240. The molecule has 0 aliphatic heterocycles. The number of ketones is 1. The Morgan fingerprint density at radius 2 is 1.85 bits per heavy atom. The number of pyridine rings is 1. The van der Waals surface area contributed by atoms with Crippen LogP contribution in [0.4, 0.5) is 0 Å². The molecule has 0 fully saturated rings. The molecule has 134 valence electrons. The third-order valence-electron chi connectivity index (χ3n) is 6.13. The van der Waals surface area contributed by atoms with Gasteiger partial charge in [0.2, 0.25) is 0 Å². The van der Waals surface area contributed by atoms with Gasteiger partial charge in [-0.05, 0) is 66.3 Å². The molecule has 0 bridgehead atoms. The van der Waals surface area contributed by atoms with E-state index in [4.69, 9.17) is 0 Å². The van der Waals surface area contributed by atoms with Crippen LogP contribution in [0.3, 0.4) is 0 Å². The monoisotopic (exact) mass is 353 g/mol. The predicted octanol–water partition coefficient (Wildman–Crippen LogP) is 6.09. The first-order chi connectivity index (χ1) is 13.2. The molecule has 1 atom stereocenters. The van der Waals surface area contributed by atoms with Gasteiger partial charge in [-0.3, -0.25) is 4.79 Å². The Kier molecular flexibility index (Phi) is 3.86. The number of hydrogen-bond acceptors (Lipinski definition) is 1. The number of aryl methyl sites for hydroxylation is 1. The van der Waals surface area contributed by atoms with Gasteiger partial charge in [0.1, 0.15) is 0 Å². The molecule has 2 aromatic heterocycles. The van der Waals surface area contributed by atoms with Gasteiger partial charge < -0.3 is 4.40 Å². The summed E-state index contributed by atoms with van der Waals surface area (Å²) in [6, 6.07) is 20.7. The summed E-state index contributed by atoms with van der Waals surface area (Å²) in [7, 11) is 0. The number of hydrogen-bond donors (Lipinski definition) is 0. The lowest BCUT2D eigenvalue weighted by atomic mass is 9.82. The van der Waals surface area contributed by atoms with E-state index in [0.29, 0.717) is 12.3 Å². The van der Waals surface area contributed by atoms with Gasteiger partial charge in [0.25, 0.3) is 0 Å². The summed E-state index contributed by atoms with van der Waals surface area (Å²) in [5.74, 6) is 0.554. The minimum Gasteiger partial charge on any atom is -0.320 e. The minimum atomic E-state index is 0.252. The zero-order chi connectivity index (χ0) is 18.4. The standard InChI is InChI=1S/C25H23NO/c1-17-22-10-6-9-21(25(22)26-14-5-4-11-23(17)26)16-24(27)20-13-12-18-7-2-3-8-19(18)15-20/h2-5,7-8,11-15,21H,6,9-10,16H2,1H3/t21-/m1/s1. The summed E-state index contributed by atoms with van der Waals surface area (Å²) < 4.78 is 2.32. The van der Waals surface area contributed by atoms with E-state index < -0.39 is 0 Å². The smallest absolute Gasteiger partial charge is 0.163 e. The predicted molar refractivity (Wildman–Crippen MR) is 111 cm³/mol. The molecule has 0 spiro atoms. The van der Waals surface area contributed by atoms with E-state index in [2.05, 4.69) is 53.9 Å². The van der Waals surface area contributed by atoms with E-state index in [1.807, 2.05) is 24.3 Å². The molecule has 4 aromatic rings. The molecule has 0 N–H and O–H groups in total. The Labute approximate surface area is 159 Å². The molecular formula is C25H23NO. The molecule has 0 saturated carbocycles. The average Bonchev–Trinajstić information content (AvgIpc) is 3.01. The fourth-order valence-corrected chi connectivity index (χ4v) is 4.77. The van der Waals surface area contributed by atoms with Crippen molar-refractivity contribution in [2.45, 2.75) is 38.5 Å². The van der Waals surface area contributed by atoms with Crippen LogP contribution in [0.2, 0.25) is 0 Å². The normalized spacial score (nSPS) is 16.6. The number of rotatable bonds is 3. The Bertz CT molecular complexity index is 1170. The van der Waals surface area contributed by atoms with Crippen molar-refractivity contribution in [1.82, 2.24) is 4.40 Å². The van der Waals surface area contributed by atoms with Gasteiger partial charge in [-0.15, -0.1) is 0 Å². The van der Waals surface area contributed by atoms with Crippen molar-refractivity contribution in [1.29, 1.82) is 0 Å². The summed E-state index contributed by atoms with van der Waals surface area (Å²) in [6.07, 6.45) is 6.13. The highest BCUT2D eigenvalue weighted by Gasteiger charge is 2.28. The SMILES string of the molecule is Cc1c2c(n3ccccc13)[C@@H](CC(=O)c1ccc3ccccc3c1)CCC2. The van der Waals surface area contributed by atoms with Crippen molar-refractivity contribution in [3.8, 4) is 0 Å². The lowest BCUT2D eigenvalue weighted by Gasteiger charge is -2.23. The van der Waals surface area contributed by atoms with Gasteiger partial charge in [-0.1, -0.05) is 42.5 Å². The van der Waals surface area contributed by atoms with Crippen molar-refractivity contribution in [3.63, 3.8) is 0 Å². The average molecular weight is 353 g/mol. The van der Waals surface area contributed by atoms with Crippen LogP contribution in [0.1, 0.15) is 52.4 Å². The van der Waals surface area contributed by atoms with Crippen LogP contribution in [0.5, 0.6) is 0 Å². The molecule has 0 radical (unpaired) electrons. The highest BCUT2D eigenvalue weighted by atomic mass is 16.1. The zero-order valence-corrected chi connectivity index (χ0v) is 15.6. The molecule has 1 aliphatic carbocycles. The van der Waals surface area contributed by atoms with E-state index in [0.717, 1.165) is 23.8 Å². The minimum absolute atomic E-state index is 0.252. The van der Waals surface area contributed by atoms with E-state index in [1.165, 1.54) is 34.1 Å². The molecule has 2 heterocycles. The topological polar surface area (TPSA) is 21.5 Å². The van der Waals surface area contributed by atoms with Crippen LogP contribution in [-0.2, 0) is 6.42 Å². The van der Waals surface area contributed by atoms with Gasteiger partial charge in [0, 0.05) is 35.3 Å². The Morgan fingerprint density at radius 1 is 1.04 bits per heavy atom. The number of carbonyl (C=O) groups is 1. The molecule has 0 unspecified atom stereocenters. The lowest BCUT2D eigenvalue weighted by molar-refractivity contribution is 0.0970. The maximum absolute atomic E-state index is 13.1. The van der Waals surface area contributed by atoms with Crippen LogP contribution < -0.4 is 0 Å². The largest absolute Gasteiger partial charge is 0.320 e. The summed E-state index contributed by atoms with van der Waals surface area (Å²) in [5.41, 5.74) is 6.33. The number of Topliss-reactive ketones (excluding diaryl/α,β-unsaturated/α-hetero) is 1. The first kappa shape index (κ1) is 16.3. The van der Waals surface area contributed by atoms with Crippen molar-refractivity contribution < 1.29 is 4.79 Å².